The van der Waals surface area contributed by atoms with E-state index in [4.69, 9.17) is 27.4 Å². The molecule has 0 amide bonds. The van der Waals surface area contributed by atoms with E-state index >= 15 is 0 Å². The van der Waals surface area contributed by atoms with Crippen molar-refractivity contribution in [3.63, 3.8) is 0 Å². The lowest BCUT2D eigenvalue weighted by Crippen LogP contribution is -2.10. The van der Waals surface area contributed by atoms with E-state index in [2.05, 4.69) is 0 Å². The predicted molar refractivity (Wildman–Crippen MR) is 84.2 cm³/mol. The molecule has 2 N–H and O–H groups in total. The highest BCUT2D eigenvalue weighted by Crippen LogP contribution is 2.29. The van der Waals surface area contributed by atoms with Gasteiger partial charge in [0.1, 0.15) is 17.4 Å². The maximum Gasteiger partial charge on any atom is 0.161 e. The zero-order valence-electron chi connectivity index (χ0n) is 11.6. The van der Waals surface area contributed by atoms with E-state index in [1.807, 2.05) is 6.92 Å². The van der Waals surface area contributed by atoms with E-state index < -0.39 is 0 Å². The first-order valence-corrected chi connectivity index (χ1v) is 6.95. The van der Waals surface area contributed by atoms with Crippen molar-refractivity contribution in [2.45, 2.75) is 13.5 Å². The number of hydrogen-bond acceptors (Lipinski definition) is 3. The van der Waals surface area contributed by atoms with Gasteiger partial charge < -0.3 is 15.2 Å². The Balaban J connectivity index is 2.19. The number of rotatable bonds is 6. The molecule has 3 nitrogen and oxygen atoms in total. The minimum atomic E-state index is -0.296. The topological polar surface area (TPSA) is 44.5 Å². The first-order valence-electron chi connectivity index (χ1n) is 6.54. The third-order valence-corrected chi connectivity index (χ3v) is 3.10. The van der Waals surface area contributed by atoms with E-state index in [0.717, 1.165) is 0 Å². The van der Waals surface area contributed by atoms with Crippen LogP contribution in [-0.4, -0.2) is 11.6 Å². The Hall–Kier alpha value is -2.14. The minimum Gasteiger partial charge on any atom is -0.490 e. The van der Waals surface area contributed by atoms with Crippen molar-refractivity contribution in [1.29, 1.82) is 0 Å². The van der Waals surface area contributed by atoms with Gasteiger partial charge in [-0.1, -0.05) is 30.4 Å². The Morgan fingerprint density at radius 1 is 1.14 bits per heavy atom. The fourth-order valence-corrected chi connectivity index (χ4v) is 1.95. The quantitative estimate of drug-likeness (QED) is 0.830. The molecule has 21 heavy (non-hydrogen) atoms. The molecule has 110 valence electrons. The van der Waals surface area contributed by atoms with Crippen molar-refractivity contribution < 1.29 is 13.9 Å². The smallest absolute Gasteiger partial charge is 0.161 e. The summed E-state index contributed by atoms with van der Waals surface area (Å²) in [6.45, 7) is 2.48. The summed E-state index contributed by atoms with van der Waals surface area (Å²) in [5, 5.41) is 0. The molecule has 0 aliphatic heterocycles. The average molecular weight is 305 g/mol. The largest absolute Gasteiger partial charge is 0.490 e. The molecule has 0 unspecified atom stereocenters. The van der Waals surface area contributed by atoms with Gasteiger partial charge in [0.2, 0.25) is 0 Å². The molecule has 0 radical (unpaired) electrons. The standard InChI is InChI=1S/C16H16FNO2S/c1-2-19-15-9-11(16(18)21)7-8-14(15)20-10-12-5-3-4-6-13(12)17/h3-9H,2,10H2,1H3,(H2,18,21). The van der Waals surface area contributed by atoms with Crippen LogP contribution in [0.5, 0.6) is 11.5 Å². The van der Waals surface area contributed by atoms with Gasteiger partial charge in [-0.25, -0.2) is 4.39 Å². The number of halogens is 1. The SMILES string of the molecule is CCOc1cc(C(N)=S)ccc1OCc1ccccc1F. The Bertz CT molecular complexity index is 646. The van der Waals surface area contributed by atoms with E-state index in [9.17, 15) is 4.39 Å². The Labute approximate surface area is 128 Å². The van der Waals surface area contributed by atoms with Crippen molar-refractivity contribution in [3.05, 3.63) is 59.4 Å². The number of benzene rings is 2. The van der Waals surface area contributed by atoms with Gasteiger partial charge in [-0.2, -0.15) is 0 Å². The van der Waals surface area contributed by atoms with Crippen LogP contribution in [0.2, 0.25) is 0 Å². The second-order valence-electron chi connectivity index (χ2n) is 4.34. The summed E-state index contributed by atoms with van der Waals surface area (Å²) in [4.78, 5) is 0.289. The summed E-state index contributed by atoms with van der Waals surface area (Å²) in [5.74, 6) is 0.773. The van der Waals surface area contributed by atoms with Crippen LogP contribution in [-0.2, 0) is 6.61 Å². The van der Waals surface area contributed by atoms with Gasteiger partial charge in [0.15, 0.2) is 11.5 Å². The average Bonchev–Trinajstić information content (AvgIpc) is 2.47. The molecule has 0 saturated heterocycles. The fourth-order valence-electron chi connectivity index (χ4n) is 1.82. The molecule has 2 aromatic rings. The fraction of sp³-hybridized carbons (Fsp3) is 0.188. The Morgan fingerprint density at radius 3 is 2.57 bits per heavy atom. The summed E-state index contributed by atoms with van der Waals surface area (Å²) in [7, 11) is 0. The molecule has 2 aromatic carbocycles. The normalized spacial score (nSPS) is 10.2. The third kappa shape index (κ3) is 3.92. The molecular weight excluding hydrogens is 289 g/mol. The van der Waals surface area contributed by atoms with Crippen LogP contribution in [0.25, 0.3) is 0 Å². The summed E-state index contributed by atoms with van der Waals surface area (Å²) in [5.41, 5.74) is 6.78. The van der Waals surface area contributed by atoms with E-state index in [0.29, 0.717) is 29.2 Å². The molecule has 0 aliphatic rings. The number of thiocarbonyl (C=S) groups is 1. The van der Waals surface area contributed by atoms with Crippen molar-refractivity contribution >= 4 is 17.2 Å². The van der Waals surface area contributed by atoms with Gasteiger partial charge in [0.25, 0.3) is 0 Å². The van der Waals surface area contributed by atoms with Crippen LogP contribution in [0.4, 0.5) is 4.39 Å². The summed E-state index contributed by atoms with van der Waals surface area (Å²) >= 11 is 4.94. The second-order valence-corrected chi connectivity index (χ2v) is 4.78. The minimum absolute atomic E-state index is 0.124. The maximum atomic E-state index is 13.6. The molecule has 0 fully saturated rings. The molecule has 0 atom stereocenters. The van der Waals surface area contributed by atoms with Crippen LogP contribution in [0.1, 0.15) is 18.1 Å². The van der Waals surface area contributed by atoms with Gasteiger partial charge in [-0.15, -0.1) is 0 Å². The van der Waals surface area contributed by atoms with Gasteiger partial charge in [-0.3, -0.25) is 0 Å². The van der Waals surface area contributed by atoms with Gasteiger partial charge >= 0.3 is 0 Å². The van der Waals surface area contributed by atoms with Gasteiger partial charge in [0, 0.05) is 11.1 Å². The third-order valence-electron chi connectivity index (χ3n) is 2.87. The highest BCUT2D eigenvalue weighted by molar-refractivity contribution is 7.80. The predicted octanol–water partition coefficient (Wildman–Crippen LogP) is 3.44. The number of nitrogens with two attached hydrogens (primary N) is 1. The lowest BCUT2D eigenvalue weighted by Gasteiger charge is -2.13. The van der Waals surface area contributed by atoms with Crippen molar-refractivity contribution in [1.82, 2.24) is 0 Å². The van der Waals surface area contributed by atoms with Crippen molar-refractivity contribution in [2.24, 2.45) is 5.73 Å². The molecule has 0 saturated carbocycles. The Kier molecular flexibility index (Phi) is 5.11. The monoisotopic (exact) mass is 305 g/mol. The maximum absolute atomic E-state index is 13.6. The summed E-state index contributed by atoms with van der Waals surface area (Å²) in [6.07, 6.45) is 0. The van der Waals surface area contributed by atoms with E-state index in [1.54, 1.807) is 36.4 Å². The van der Waals surface area contributed by atoms with Crippen LogP contribution in [0.15, 0.2) is 42.5 Å². The second kappa shape index (κ2) is 7.04. The summed E-state index contributed by atoms with van der Waals surface area (Å²) in [6, 6.07) is 11.7. The Morgan fingerprint density at radius 2 is 1.90 bits per heavy atom. The zero-order chi connectivity index (χ0) is 15.2. The van der Waals surface area contributed by atoms with E-state index in [1.165, 1.54) is 6.07 Å². The molecule has 0 spiro atoms. The zero-order valence-corrected chi connectivity index (χ0v) is 12.5. The number of hydrogen-bond donors (Lipinski definition) is 1. The highest BCUT2D eigenvalue weighted by Gasteiger charge is 2.09. The lowest BCUT2D eigenvalue weighted by molar-refractivity contribution is 0.266. The van der Waals surface area contributed by atoms with Gasteiger partial charge in [0.05, 0.1) is 6.61 Å². The molecule has 0 heterocycles. The van der Waals surface area contributed by atoms with Gasteiger partial charge in [-0.05, 0) is 31.2 Å². The van der Waals surface area contributed by atoms with Crippen LogP contribution in [0.3, 0.4) is 0 Å². The number of ether oxygens (including phenoxy) is 2. The molecule has 0 bridgehead atoms. The van der Waals surface area contributed by atoms with Crippen molar-refractivity contribution in [2.75, 3.05) is 6.61 Å². The molecule has 0 aliphatic carbocycles. The van der Waals surface area contributed by atoms with E-state index in [-0.39, 0.29) is 17.4 Å². The van der Waals surface area contributed by atoms with Crippen LogP contribution < -0.4 is 15.2 Å². The highest BCUT2D eigenvalue weighted by atomic mass is 32.1. The van der Waals surface area contributed by atoms with Crippen molar-refractivity contribution in [3.8, 4) is 11.5 Å². The molecule has 2 rings (SSSR count). The molecule has 5 heteroatoms. The molecular formula is C16H16FNO2S. The first kappa shape index (κ1) is 15.3. The van der Waals surface area contributed by atoms with Crippen LogP contribution in [0, 0.1) is 5.82 Å². The lowest BCUT2D eigenvalue weighted by atomic mass is 10.2. The summed E-state index contributed by atoms with van der Waals surface area (Å²) < 4.78 is 24.7. The molecule has 0 aromatic heterocycles. The van der Waals surface area contributed by atoms with Crippen LogP contribution >= 0.6 is 12.2 Å². The first-order chi connectivity index (χ1) is 10.1.